The zero-order chi connectivity index (χ0) is 20.9. The van der Waals surface area contributed by atoms with E-state index in [0.29, 0.717) is 32.6 Å². The van der Waals surface area contributed by atoms with Gasteiger partial charge in [0.2, 0.25) is 5.82 Å². The molecule has 3 rings (SSSR count). The van der Waals surface area contributed by atoms with Crippen molar-refractivity contribution in [1.29, 1.82) is 0 Å². The number of benzene rings is 1. The molecule has 9 heteroatoms. The largest absolute Gasteiger partial charge is 0.489 e. The van der Waals surface area contributed by atoms with Gasteiger partial charge >= 0.3 is 5.97 Å². The predicted octanol–water partition coefficient (Wildman–Crippen LogP) is 2.04. The second-order valence-electron chi connectivity index (χ2n) is 7.23. The first-order valence-corrected chi connectivity index (χ1v) is 9.75. The predicted molar refractivity (Wildman–Crippen MR) is 103 cm³/mol. The van der Waals surface area contributed by atoms with Gasteiger partial charge in [-0.25, -0.2) is 9.18 Å². The number of carbonyl (C=O) groups excluding carboxylic acids is 1. The first-order valence-electron chi connectivity index (χ1n) is 9.75. The molecule has 1 saturated carbocycles. The summed E-state index contributed by atoms with van der Waals surface area (Å²) in [7, 11) is 2.96. The molecule has 1 saturated heterocycles. The lowest BCUT2D eigenvalue weighted by Gasteiger charge is -2.44. The zero-order valence-electron chi connectivity index (χ0n) is 16.8. The van der Waals surface area contributed by atoms with Crippen LogP contribution in [-0.4, -0.2) is 81.2 Å². The number of carbonyl (C=O) groups is 1. The van der Waals surface area contributed by atoms with Gasteiger partial charge in [0.1, 0.15) is 6.61 Å². The molecule has 0 N–H and O–H groups in total. The maximum atomic E-state index is 14.4. The molecular weight excluding hydrogens is 384 g/mol. The van der Waals surface area contributed by atoms with Gasteiger partial charge in [0.25, 0.3) is 0 Å². The highest BCUT2D eigenvalue weighted by molar-refractivity contribution is 5.83. The van der Waals surface area contributed by atoms with Crippen LogP contribution in [0.2, 0.25) is 0 Å². The summed E-state index contributed by atoms with van der Waals surface area (Å²) in [6, 6.07) is 2.80. The number of rotatable bonds is 8. The average molecular weight is 411 g/mol. The number of hydrazone groups is 1. The number of hydrogen-bond acceptors (Lipinski definition) is 7. The maximum absolute atomic E-state index is 14.4. The molecule has 1 aliphatic heterocycles. The standard InChI is InChI=1S/C20H27F2N3O4/c1-24(20(6-3-7-20)19(26)27-2)23-14-15-4-5-16(18(22)17(15)21)29-13-10-25-8-11-28-12-9-25/h4-5,14H,3,6-13H2,1-2H3/b23-14-. The molecule has 0 atom stereocenters. The molecule has 2 fully saturated rings. The normalized spacial score (nSPS) is 19.0. The molecule has 0 amide bonds. The van der Waals surface area contributed by atoms with E-state index in [-0.39, 0.29) is 23.9 Å². The van der Waals surface area contributed by atoms with Crippen LogP contribution < -0.4 is 4.74 Å². The molecule has 0 spiro atoms. The molecule has 0 bridgehead atoms. The Bertz CT molecular complexity index is 749. The zero-order valence-corrected chi connectivity index (χ0v) is 16.8. The molecule has 160 valence electrons. The van der Waals surface area contributed by atoms with Crippen LogP contribution >= 0.6 is 0 Å². The number of ether oxygens (including phenoxy) is 3. The third-order valence-corrected chi connectivity index (χ3v) is 5.58. The van der Waals surface area contributed by atoms with E-state index in [1.165, 1.54) is 30.5 Å². The van der Waals surface area contributed by atoms with Crippen LogP contribution in [0.5, 0.6) is 5.75 Å². The monoisotopic (exact) mass is 411 g/mol. The maximum Gasteiger partial charge on any atom is 0.333 e. The fourth-order valence-corrected chi connectivity index (χ4v) is 3.49. The highest BCUT2D eigenvalue weighted by Crippen LogP contribution is 2.38. The minimum absolute atomic E-state index is 0.0192. The molecule has 0 radical (unpaired) electrons. The van der Waals surface area contributed by atoms with E-state index in [4.69, 9.17) is 14.2 Å². The number of nitrogens with zero attached hydrogens (tertiary/aromatic N) is 3. The fourth-order valence-electron chi connectivity index (χ4n) is 3.49. The number of likely N-dealkylation sites (N-methyl/N-ethyl adjacent to an activating group) is 1. The van der Waals surface area contributed by atoms with Gasteiger partial charge < -0.3 is 14.2 Å². The average Bonchev–Trinajstić information content (AvgIpc) is 2.70. The van der Waals surface area contributed by atoms with Crippen molar-refractivity contribution < 1.29 is 27.8 Å². The molecule has 2 aliphatic rings. The third-order valence-electron chi connectivity index (χ3n) is 5.58. The first-order chi connectivity index (χ1) is 14.0. The number of esters is 1. The smallest absolute Gasteiger partial charge is 0.333 e. The lowest BCUT2D eigenvalue weighted by molar-refractivity contribution is -0.160. The summed E-state index contributed by atoms with van der Waals surface area (Å²) in [4.78, 5) is 14.2. The van der Waals surface area contributed by atoms with E-state index in [1.54, 1.807) is 7.05 Å². The van der Waals surface area contributed by atoms with Crippen LogP contribution in [-0.2, 0) is 14.3 Å². The summed E-state index contributed by atoms with van der Waals surface area (Å²) >= 11 is 0. The van der Waals surface area contributed by atoms with E-state index in [9.17, 15) is 13.6 Å². The van der Waals surface area contributed by atoms with Gasteiger partial charge in [-0.2, -0.15) is 9.49 Å². The van der Waals surface area contributed by atoms with E-state index in [1.807, 2.05) is 0 Å². The number of morpholine rings is 1. The summed E-state index contributed by atoms with van der Waals surface area (Å²) in [5, 5.41) is 5.62. The van der Waals surface area contributed by atoms with E-state index >= 15 is 0 Å². The van der Waals surface area contributed by atoms with Crippen molar-refractivity contribution in [2.24, 2.45) is 5.10 Å². The molecule has 1 aromatic rings. The third kappa shape index (κ3) is 4.67. The van der Waals surface area contributed by atoms with Crippen LogP contribution in [0.4, 0.5) is 8.78 Å². The molecular formula is C20H27F2N3O4. The molecule has 0 unspecified atom stereocenters. The van der Waals surface area contributed by atoms with Crippen molar-refractivity contribution in [1.82, 2.24) is 9.91 Å². The number of halogens is 2. The lowest BCUT2D eigenvalue weighted by Crippen LogP contribution is -2.56. The highest BCUT2D eigenvalue weighted by Gasteiger charge is 2.49. The molecule has 1 aliphatic carbocycles. The minimum atomic E-state index is -1.05. The van der Waals surface area contributed by atoms with Gasteiger partial charge in [0, 0.05) is 32.2 Å². The van der Waals surface area contributed by atoms with Gasteiger partial charge in [0.15, 0.2) is 17.1 Å². The summed E-state index contributed by atoms with van der Waals surface area (Å²) in [6.07, 6.45) is 3.31. The first kappa shape index (κ1) is 21.4. The summed E-state index contributed by atoms with van der Waals surface area (Å²) in [6.45, 7) is 3.82. The van der Waals surface area contributed by atoms with Gasteiger partial charge in [-0.3, -0.25) is 9.91 Å². The van der Waals surface area contributed by atoms with Crippen LogP contribution in [0.3, 0.4) is 0 Å². The lowest BCUT2D eigenvalue weighted by atomic mass is 9.76. The van der Waals surface area contributed by atoms with E-state index in [2.05, 4.69) is 10.0 Å². The fraction of sp³-hybridized carbons (Fsp3) is 0.600. The minimum Gasteiger partial charge on any atom is -0.489 e. The Morgan fingerprint density at radius 1 is 1.31 bits per heavy atom. The molecule has 7 nitrogen and oxygen atoms in total. The van der Waals surface area contributed by atoms with Crippen LogP contribution in [0.15, 0.2) is 17.2 Å². The van der Waals surface area contributed by atoms with Gasteiger partial charge in [0.05, 0.1) is 26.5 Å². The Morgan fingerprint density at radius 3 is 2.66 bits per heavy atom. The van der Waals surface area contributed by atoms with Crippen molar-refractivity contribution in [3.8, 4) is 5.75 Å². The summed E-state index contributed by atoms with van der Waals surface area (Å²) in [5.74, 6) is -2.60. The Labute approximate surface area is 169 Å². The molecule has 1 aromatic carbocycles. The molecule has 0 aromatic heterocycles. The van der Waals surface area contributed by atoms with E-state index < -0.39 is 17.2 Å². The number of hydrogen-bond donors (Lipinski definition) is 0. The van der Waals surface area contributed by atoms with Crippen molar-refractivity contribution >= 4 is 12.2 Å². The van der Waals surface area contributed by atoms with Crippen molar-refractivity contribution in [3.63, 3.8) is 0 Å². The van der Waals surface area contributed by atoms with Crippen molar-refractivity contribution in [3.05, 3.63) is 29.3 Å². The Morgan fingerprint density at radius 2 is 2.03 bits per heavy atom. The Balaban J connectivity index is 1.61. The van der Waals surface area contributed by atoms with Crippen LogP contribution in [0.25, 0.3) is 0 Å². The topological polar surface area (TPSA) is 63.6 Å². The SMILES string of the molecule is COC(=O)C1(N(C)/N=C\c2ccc(OCCN3CCOCC3)c(F)c2F)CCC1. The van der Waals surface area contributed by atoms with Crippen molar-refractivity contribution in [2.45, 2.75) is 24.8 Å². The highest BCUT2D eigenvalue weighted by atomic mass is 19.2. The second kappa shape index (κ2) is 9.49. The number of methoxy groups -OCH3 is 1. The Hall–Kier alpha value is -2.26. The van der Waals surface area contributed by atoms with Gasteiger partial charge in [-0.1, -0.05) is 0 Å². The van der Waals surface area contributed by atoms with E-state index in [0.717, 1.165) is 19.5 Å². The van der Waals surface area contributed by atoms with Crippen LogP contribution in [0, 0.1) is 11.6 Å². The second-order valence-corrected chi connectivity index (χ2v) is 7.23. The van der Waals surface area contributed by atoms with Gasteiger partial charge in [-0.05, 0) is 31.4 Å². The Kier molecular flexibility index (Phi) is 7.02. The van der Waals surface area contributed by atoms with Crippen molar-refractivity contribution in [2.75, 3.05) is 53.6 Å². The summed E-state index contributed by atoms with van der Waals surface area (Å²) in [5.41, 5.74) is -0.850. The molecule has 1 heterocycles. The summed E-state index contributed by atoms with van der Waals surface area (Å²) < 4.78 is 44.3. The van der Waals surface area contributed by atoms with Crippen LogP contribution in [0.1, 0.15) is 24.8 Å². The molecule has 29 heavy (non-hydrogen) atoms. The quantitative estimate of drug-likeness (QED) is 0.371. The van der Waals surface area contributed by atoms with Gasteiger partial charge in [-0.15, -0.1) is 0 Å².